The molecule has 10 nitrogen and oxygen atoms in total. The van der Waals surface area contributed by atoms with Gasteiger partial charge in [0.15, 0.2) is 11.5 Å². The summed E-state index contributed by atoms with van der Waals surface area (Å²) >= 11 is 5.87. The van der Waals surface area contributed by atoms with Gasteiger partial charge in [-0.15, -0.1) is 0 Å². The fourth-order valence-corrected chi connectivity index (χ4v) is 6.12. The molecule has 4 heterocycles. The first-order valence-electron chi connectivity index (χ1n) is 11.7. The summed E-state index contributed by atoms with van der Waals surface area (Å²) in [6.45, 7) is 5.20. The Morgan fingerprint density at radius 3 is 2.59 bits per heavy atom. The minimum Gasteiger partial charge on any atom is -0.476 e. The Kier molecular flexibility index (Phi) is 4.97. The molecule has 3 aliphatic rings. The van der Waals surface area contributed by atoms with Crippen molar-refractivity contribution >= 4 is 28.9 Å². The molecule has 0 saturated heterocycles. The summed E-state index contributed by atoms with van der Waals surface area (Å²) in [4.78, 5) is 38.2. The molecule has 2 bridgehead atoms. The lowest BCUT2D eigenvalue weighted by Gasteiger charge is -2.69. The van der Waals surface area contributed by atoms with E-state index in [4.69, 9.17) is 21.1 Å². The van der Waals surface area contributed by atoms with Crippen molar-refractivity contribution < 1.29 is 18.8 Å². The molecule has 3 aliphatic carbocycles. The highest BCUT2D eigenvalue weighted by molar-refractivity contribution is 6.29. The summed E-state index contributed by atoms with van der Waals surface area (Å²) in [5.41, 5.74) is 1.04. The SMILES string of the molecule is Cc1nc(C23CC(c4nc5c([C@@H](C)Nc6ccc(Cl)nc6C(=O)O)cc(F)cn5c(=O)c4C)(C2)C3)no1. The number of anilines is 1. The number of aryl methyl sites for hydroxylation is 1. The number of nitrogens with one attached hydrogen (secondary N) is 1. The minimum atomic E-state index is -1.26. The molecule has 3 saturated carbocycles. The standard InChI is InChI=1S/C25H22ClFN6O4/c1-11-19(24-8-25(9-24,10-24)23-29-13(3)37-32-23)31-20-15(6-14(27)7-33(20)21(11)34)12(2)28-16-4-5-17(26)30-18(16)22(35)36/h4-7,12,28H,8-10H2,1-3H3,(H,35,36)/t12-,24?,25?/m1/s1. The zero-order valence-electron chi connectivity index (χ0n) is 20.2. The first-order chi connectivity index (χ1) is 17.5. The van der Waals surface area contributed by atoms with Gasteiger partial charge in [-0.2, -0.15) is 4.98 Å². The van der Waals surface area contributed by atoms with Crippen molar-refractivity contribution in [2.75, 3.05) is 5.32 Å². The van der Waals surface area contributed by atoms with Gasteiger partial charge in [0, 0.05) is 35.1 Å². The second kappa shape index (κ2) is 7.82. The summed E-state index contributed by atoms with van der Waals surface area (Å²) in [5, 5.41) is 16.7. The molecule has 4 aromatic heterocycles. The van der Waals surface area contributed by atoms with Gasteiger partial charge >= 0.3 is 5.97 Å². The van der Waals surface area contributed by atoms with Crippen LogP contribution < -0.4 is 10.9 Å². The predicted molar refractivity (Wildman–Crippen MR) is 131 cm³/mol. The number of aromatic carboxylic acids is 1. The van der Waals surface area contributed by atoms with Gasteiger partial charge in [-0.05, 0) is 51.3 Å². The van der Waals surface area contributed by atoms with Crippen LogP contribution >= 0.6 is 11.6 Å². The smallest absolute Gasteiger partial charge is 0.356 e. The van der Waals surface area contributed by atoms with Crippen molar-refractivity contribution in [2.24, 2.45) is 0 Å². The van der Waals surface area contributed by atoms with Crippen molar-refractivity contribution in [3.8, 4) is 0 Å². The van der Waals surface area contributed by atoms with Gasteiger partial charge in [0.05, 0.1) is 17.4 Å². The molecular weight excluding hydrogens is 503 g/mol. The van der Waals surface area contributed by atoms with Crippen LogP contribution in [-0.2, 0) is 10.8 Å². The highest BCUT2D eigenvalue weighted by atomic mass is 35.5. The van der Waals surface area contributed by atoms with Gasteiger partial charge < -0.3 is 14.9 Å². The van der Waals surface area contributed by atoms with Gasteiger partial charge in [0.25, 0.3) is 5.56 Å². The van der Waals surface area contributed by atoms with E-state index in [0.717, 1.165) is 25.5 Å². The zero-order chi connectivity index (χ0) is 26.3. The first-order valence-corrected chi connectivity index (χ1v) is 12.1. The second-order valence-electron chi connectivity index (χ2n) is 10.1. The monoisotopic (exact) mass is 524 g/mol. The van der Waals surface area contributed by atoms with Gasteiger partial charge in [-0.1, -0.05) is 16.8 Å². The van der Waals surface area contributed by atoms with E-state index < -0.39 is 17.8 Å². The largest absolute Gasteiger partial charge is 0.476 e. The normalized spacial score (nSPS) is 22.8. The van der Waals surface area contributed by atoms with E-state index in [2.05, 4.69) is 20.4 Å². The maximum absolute atomic E-state index is 14.7. The molecular formula is C25H22ClFN6O4. The third kappa shape index (κ3) is 3.44. The molecule has 0 aliphatic heterocycles. The van der Waals surface area contributed by atoms with E-state index in [1.165, 1.54) is 22.6 Å². The molecule has 1 atom stereocenters. The summed E-state index contributed by atoms with van der Waals surface area (Å²) in [7, 11) is 0. The molecule has 0 amide bonds. The average molecular weight is 525 g/mol. The van der Waals surface area contributed by atoms with Gasteiger partial charge in [0.2, 0.25) is 5.89 Å². The highest BCUT2D eigenvalue weighted by Crippen LogP contribution is 2.73. The van der Waals surface area contributed by atoms with E-state index >= 15 is 0 Å². The Morgan fingerprint density at radius 2 is 1.95 bits per heavy atom. The number of halogens is 2. The predicted octanol–water partition coefficient (Wildman–Crippen LogP) is 4.13. The van der Waals surface area contributed by atoms with Crippen molar-refractivity contribution in [1.29, 1.82) is 0 Å². The number of carboxylic acids is 1. The van der Waals surface area contributed by atoms with Crippen molar-refractivity contribution in [1.82, 2.24) is 24.5 Å². The van der Waals surface area contributed by atoms with Crippen LogP contribution in [0.4, 0.5) is 10.1 Å². The number of hydrogen-bond donors (Lipinski definition) is 2. The Hall–Kier alpha value is -3.86. The van der Waals surface area contributed by atoms with Crippen LogP contribution in [0.25, 0.3) is 5.65 Å². The van der Waals surface area contributed by atoms with Gasteiger partial charge in [-0.25, -0.2) is 19.2 Å². The van der Waals surface area contributed by atoms with E-state index in [1.807, 2.05) is 0 Å². The Morgan fingerprint density at radius 1 is 1.22 bits per heavy atom. The number of carboxylic acid groups (broad SMARTS) is 1. The van der Waals surface area contributed by atoms with Crippen LogP contribution in [0.5, 0.6) is 0 Å². The topological polar surface area (TPSA) is 136 Å². The summed E-state index contributed by atoms with van der Waals surface area (Å²) in [5.74, 6) is -0.671. The van der Waals surface area contributed by atoms with Crippen LogP contribution in [0.2, 0.25) is 5.15 Å². The van der Waals surface area contributed by atoms with Crippen molar-refractivity contribution in [3.63, 3.8) is 0 Å². The van der Waals surface area contributed by atoms with E-state index in [-0.39, 0.29) is 32.9 Å². The van der Waals surface area contributed by atoms with Gasteiger partial charge in [-0.3, -0.25) is 9.20 Å². The molecule has 7 rings (SSSR count). The highest BCUT2D eigenvalue weighted by Gasteiger charge is 2.72. The molecule has 0 aromatic carbocycles. The zero-order valence-corrected chi connectivity index (χ0v) is 20.9. The minimum absolute atomic E-state index is 0.0347. The summed E-state index contributed by atoms with van der Waals surface area (Å²) < 4.78 is 21.0. The average Bonchev–Trinajstić information content (AvgIpc) is 3.22. The Bertz CT molecular complexity index is 1660. The maximum Gasteiger partial charge on any atom is 0.356 e. The molecule has 37 heavy (non-hydrogen) atoms. The number of nitrogens with zero attached hydrogens (tertiary/aromatic N) is 5. The third-order valence-electron chi connectivity index (χ3n) is 7.58. The molecule has 3 fully saturated rings. The number of hydrogen-bond acceptors (Lipinski definition) is 8. The van der Waals surface area contributed by atoms with E-state index in [0.29, 0.717) is 34.2 Å². The van der Waals surface area contributed by atoms with Crippen LogP contribution in [-0.4, -0.2) is 35.6 Å². The van der Waals surface area contributed by atoms with Crippen LogP contribution in [0.15, 0.2) is 33.7 Å². The molecule has 4 aromatic rings. The van der Waals surface area contributed by atoms with E-state index in [1.54, 1.807) is 20.8 Å². The molecule has 0 spiro atoms. The third-order valence-corrected chi connectivity index (χ3v) is 7.79. The number of fused-ring (bicyclic) bond motifs is 1. The second-order valence-corrected chi connectivity index (χ2v) is 10.5. The quantitative estimate of drug-likeness (QED) is 0.357. The fraction of sp³-hybridized carbons (Fsp3) is 0.360. The number of carbonyl (C=O) groups is 1. The van der Waals surface area contributed by atoms with Crippen LogP contribution in [0, 0.1) is 19.7 Å². The van der Waals surface area contributed by atoms with Crippen LogP contribution in [0.1, 0.15) is 71.3 Å². The lowest BCUT2D eigenvalue weighted by Crippen LogP contribution is -2.68. The lowest BCUT2D eigenvalue weighted by atomic mass is 9.33. The van der Waals surface area contributed by atoms with E-state index in [9.17, 15) is 19.1 Å². The molecule has 12 heteroatoms. The maximum atomic E-state index is 14.7. The number of aromatic nitrogens is 5. The molecule has 190 valence electrons. The molecule has 0 unspecified atom stereocenters. The summed E-state index contributed by atoms with van der Waals surface area (Å²) in [6, 6.07) is 3.64. The molecule has 0 radical (unpaired) electrons. The first kappa shape index (κ1) is 23.5. The fourth-order valence-electron chi connectivity index (χ4n) is 5.97. The van der Waals surface area contributed by atoms with Crippen molar-refractivity contribution in [3.05, 3.63) is 79.9 Å². The summed E-state index contributed by atoms with van der Waals surface area (Å²) in [6.07, 6.45) is 3.39. The Labute approximate surface area is 214 Å². The lowest BCUT2D eigenvalue weighted by molar-refractivity contribution is -0.0798. The molecule has 2 N–H and O–H groups in total. The number of pyridine rings is 2. The van der Waals surface area contributed by atoms with Crippen LogP contribution in [0.3, 0.4) is 0 Å². The van der Waals surface area contributed by atoms with Gasteiger partial charge in [0.1, 0.15) is 16.6 Å². The van der Waals surface area contributed by atoms with Crippen molar-refractivity contribution in [2.45, 2.75) is 56.9 Å². The number of rotatable bonds is 6. The Balaban J connectivity index is 1.40.